The van der Waals surface area contributed by atoms with Crippen LogP contribution in [0.5, 0.6) is 0 Å². The van der Waals surface area contributed by atoms with Crippen LogP contribution in [0, 0.1) is 0 Å². The van der Waals surface area contributed by atoms with Crippen LogP contribution in [-0.4, -0.2) is 23.2 Å². The van der Waals surface area contributed by atoms with Gasteiger partial charge in [-0.15, -0.1) is 0 Å². The molecule has 0 aromatic carbocycles. The van der Waals surface area contributed by atoms with E-state index < -0.39 is 0 Å². The summed E-state index contributed by atoms with van der Waals surface area (Å²) in [7, 11) is 0. The van der Waals surface area contributed by atoms with E-state index in [1.54, 1.807) is 0 Å². The van der Waals surface area contributed by atoms with Crippen molar-refractivity contribution in [2.75, 3.05) is 18.0 Å². The second-order valence-electron chi connectivity index (χ2n) is 3.77. The van der Waals surface area contributed by atoms with E-state index in [2.05, 4.69) is 15.0 Å². The lowest BCUT2D eigenvalue weighted by Gasteiger charge is -2.24. The van der Waals surface area contributed by atoms with Gasteiger partial charge in [0.05, 0.1) is 6.04 Å². The highest BCUT2D eigenvalue weighted by Gasteiger charge is 2.17. The molecule has 78 valence electrons. The smallest absolute Gasteiger partial charge is 0.266 e. The molecule has 1 aromatic rings. The zero-order valence-electron chi connectivity index (χ0n) is 8.44. The van der Waals surface area contributed by atoms with Gasteiger partial charge < -0.3 is 15.2 Å². The molecule has 2 rings (SSSR count). The number of rotatable bonds is 2. The van der Waals surface area contributed by atoms with E-state index >= 15 is 0 Å². The maximum atomic E-state index is 5.64. The third-order valence-corrected chi connectivity index (χ3v) is 2.46. The molecule has 1 aliphatic heterocycles. The molecule has 0 aliphatic carbocycles. The third kappa shape index (κ3) is 1.87. The molecule has 2 heterocycles. The van der Waals surface area contributed by atoms with Crippen molar-refractivity contribution < 1.29 is 4.52 Å². The first kappa shape index (κ1) is 9.45. The van der Waals surface area contributed by atoms with Gasteiger partial charge in [0, 0.05) is 13.1 Å². The Morgan fingerprint density at radius 1 is 1.36 bits per heavy atom. The quantitative estimate of drug-likeness (QED) is 0.766. The molecular weight excluding hydrogens is 180 g/mol. The number of piperidine rings is 1. The van der Waals surface area contributed by atoms with Crippen LogP contribution >= 0.6 is 0 Å². The van der Waals surface area contributed by atoms with Gasteiger partial charge in [-0.2, -0.15) is 4.98 Å². The third-order valence-electron chi connectivity index (χ3n) is 2.46. The maximum absolute atomic E-state index is 5.64. The lowest BCUT2D eigenvalue weighted by molar-refractivity contribution is 0.360. The molecular formula is C9H16N4O. The molecule has 14 heavy (non-hydrogen) atoms. The summed E-state index contributed by atoms with van der Waals surface area (Å²) in [5.41, 5.74) is 5.64. The lowest BCUT2D eigenvalue weighted by atomic mass is 10.1. The van der Waals surface area contributed by atoms with Crippen molar-refractivity contribution in [2.24, 2.45) is 5.73 Å². The standard InChI is InChI=1S/C9H16N4O/c1-7(10)8-11-9(12-14-8)13-5-3-2-4-6-13/h7H,2-6,10H2,1H3/t7-/m1/s1. The van der Waals surface area contributed by atoms with Crippen LogP contribution in [0.2, 0.25) is 0 Å². The van der Waals surface area contributed by atoms with Crippen LogP contribution < -0.4 is 10.6 Å². The van der Waals surface area contributed by atoms with Crippen molar-refractivity contribution in [1.29, 1.82) is 0 Å². The Labute approximate surface area is 83.3 Å². The Balaban J connectivity index is 2.07. The summed E-state index contributed by atoms with van der Waals surface area (Å²) in [5.74, 6) is 1.21. The van der Waals surface area contributed by atoms with Crippen molar-refractivity contribution >= 4 is 5.95 Å². The minimum Gasteiger partial charge on any atom is -0.338 e. The molecule has 1 saturated heterocycles. The highest BCUT2D eigenvalue weighted by atomic mass is 16.5. The van der Waals surface area contributed by atoms with E-state index in [1.165, 1.54) is 19.3 Å². The Hall–Kier alpha value is -1.10. The molecule has 1 aromatic heterocycles. The number of anilines is 1. The highest BCUT2D eigenvalue weighted by molar-refractivity contribution is 5.28. The van der Waals surface area contributed by atoms with Gasteiger partial charge in [-0.3, -0.25) is 0 Å². The Morgan fingerprint density at radius 3 is 2.64 bits per heavy atom. The SMILES string of the molecule is C[C@@H](N)c1nc(N2CCCCC2)no1. The number of nitrogens with zero attached hydrogens (tertiary/aromatic N) is 3. The summed E-state index contributed by atoms with van der Waals surface area (Å²) in [4.78, 5) is 6.41. The van der Waals surface area contributed by atoms with Gasteiger partial charge in [-0.25, -0.2) is 0 Å². The summed E-state index contributed by atoms with van der Waals surface area (Å²) in [6.45, 7) is 3.89. The van der Waals surface area contributed by atoms with Gasteiger partial charge in [0.2, 0.25) is 5.89 Å². The fraction of sp³-hybridized carbons (Fsp3) is 0.778. The van der Waals surface area contributed by atoms with Crippen LogP contribution in [0.3, 0.4) is 0 Å². The molecule has 0 saturated carbocycles. The normalized spacial score (nSPS) is 19.7. The van der Waals surface area contributed by atoms with Crippen molar-refractivity contribution in [3.63, 3.8) is 0 Å². The monoisotopic (exact) mass is 196 g/mol. The largest absolute Gasteiger partial charge is 0.338 e. The Morgan fingerprint density at radius 2 is 2.07 bits per heavy atom. The molecule has 0 bridgehead atoms. The predicted molar refractivity (Wildman–Crippen MR) is 53.0 cm³/mol. The number of aromatic nitrogens is 2. The first-order valence-electron chi connectivity index (χ1n) is 5.11. The molecule has 2 N–H and O–H groups in total. The molecule has 1 aliphatic rings. The second kappa shape index (κ2) is 3.96. The summed E-state index contributed by atoms with van der Waals surface area (Å²) >= 11 is 0. The molecule has 1 atom stereocenters. The van der Waals surface area contributed by atoms with E-state index in [9.17, 15) is 0 Å². The molecule has 0 amide bonds. The van der Waals surface area contributed by atoms with Gasteiger partial charge in [-0.05, 0) is 31.3 Å². The van der Waals surface area contributed by atoms with Crippen LogP contribution in [0.4, 0.5) is 5.95 Å². The van der Waals surface area contributed by atoms with Gasteiger partial charge in [0.25, 0.3) is 5.95 Å². The van der Waals surface area contributed by atoms with Gasteiger partial charge in [0.15, 0.2) is 0 Å². The summed E-state index contributed by atoms with van der Waals surface area (Å²) in [5, 5.41) is 3.92. The van der Waals surface area contributed by atoms with Gasteiger partial charge >= 0.3 is 0 Å². The van der Waals surface area contributed by atoms with Crippen molar-refractivity contribution in [2.45, 2.75) is 32.2 Å². The average molecular weight is 196 g/mol. The molecule has 0 spiro atoms. The van der Waals surface area contributed by atoms with Gasteiger partial charge in [0.1, 0.15) is 0 Å². The van der Waals surface area contributed by atoms with Crippen LogP contribution in [0.15, 0.2) is 4.52 Å². The van der Waals surface area contributed by atoms with Crippen molar-refractivity contribution in [3.05, 3.63) is 5.89 Å². The summed E-state index contributed by atoms with van der Waals surface area (Å²) in [6, 6.07) is -0.180. The summed E-state index contributed by atoms with van der Waals surface area (Å²) < 4.78 is 5.05. The molecule has 1 fully saturated rings. The van der Waals surface area contributed by atoms with E-state index in [0.717, 1.165) is 13.1 Å². The number of nitrogens with two attached hydrogens (primary N) is 1. The first-order valence-corrected chi connectivity index (χ1v) is 5.11. The van der Waals surface area contributed by atoms with E-state index in [-0.39, 0.29) is 6.04 Å². The first-order chi connectivity index (χ1) is 6.77. The maximum Gasteiger partial charge on any atom is 0.266 e. The Bertz CT molecular complexity index is 291. The number of hydrogen-bond donors (Lipinski definition) is 1. The van der Waals surface area contributed by atoms with Crippen molar-refractivity contribution in [3.8, 4) is 0 Å². The van der Waals surface area contributed by atoms with Crippen LogP contribution in [-0.2, 0) is 0 Å². The summed E-state index contributed by atoms with van der Waals surface area (Å²) in [6.07, 6.45) is 3.72. The minimum absolute atomic E-state index is 0.180. The minimum atomic E-state index is -0.180. The molecule has 0 unspecified atom stereocenters. The van der Waals surface area contributed by atoms with E-state index in [0.29, 0.717) is 11.8 Å². The van der Waals surface area contributed by atoms with Crippen molar-refractivity contribution in [1.82, 2.24) is 10.1 Å². The predicted octanol–water partition coefficient (Wildman–Crippen LogP) is 1.08. The molecule has 5 nitrogen and oxygen atoms in total. The molecule has 5 heteroatoms. The fourth-order valence-corrected chi connectivity index (χ4v) is 1.63. The lowest BCUT2D eigenvalue weighted by Crippen LogP contribution is -2.30. The number of hydrogen-bond acceptors (Lipinski definition) is 5. The fourth-order valence-electron chi connectivity index (χ4n) is 1.63. The topological polar surface area (TPSA) is 68.2 Å². The highest BCUT2D eigenvalue weighted by Crippen LogP contribution is 2.17. The van der Waals surface area contributed by atoms with E-state index in [1.807, 2.05) is 6.92 Å². The zero-order chi connectivity index (χ0) is 9.97. The van der Waals surface area contributed by atoms with Gasteiger partial charge in [-0.1, -0.05) is 0 Å². The van der Waals surface area contributed by atoms with Crippen LogP contribution in [0.1, 0.15) is 38.1 Å². The van der Waals surface area contributed by atoms with E-state index in [4.69, 9.17) is 10.3 Å². The van der Waals surface area contributed by atoms with Crippen LogP contribution in [0.25, 0.3) is 0 Å². The zero-order valence-corrected chi connectivity index (χ0v) is 8.44. The molecule has 0 radical (unpaired) electrons. The second-order valence-corrected chi connectivity index (χ2v) is 3.77. The Kier molecular flexibility index (Phi) is 2.67. The average Bonchev–Trinajstić information content (AvgIpc) is 2.68.